The molecular formula is C69H126O6. The van der Waals surface area contributed by atoms with Gasteiger partial charge in [-0.05, 0) is 57.8 Å². The number of allylic oxidation sites excluding steroid dienone is 8. The maximum absolute atomic E-state index is 12.9. The van der Waals surface area contributed by atoms with Gasteiger partial charge in [-0.3, -0.25) is 14.4 Å². The molecule has 438 valence electrons. The lowest BCUT2D eigenvalue weighted by molar-refractivity contribution is -0.167. The molecule has 0 fully saturated rings. The fourth-order valence-corrected chi connectivity index (χ4v) is 9.91. The number of rotatable bonds is 61. The molecule has 0 radical (unpaired) electrons. The largest absolute Gasteiger partial charge is 0.462 e. The van der Waals surface area contributed by atoms with E-state index in [-0.39, 0.29) is 31.1 Å². The van der Waals surface area contributed by atoms with Crippen molar-refractivity contribution in [3.63, 3.8) is 0 Å². The summed E-state index contributed by atoms with van der Waals surface area (Å²) in [5.41, 5.74) is 0. The second kappa shape index (κ2) is 63.9. The van der Waals surface area contributed by atoms with Gasteiger partial charge in [0, 0.05) is 19.3 Å². The third kappa shape index (κ3) is 62.1. The Balaban J connectivity index is 4.04. The number of esters is 3. The van der Waals surface area contributed by atoms with E-state index in [1.807, 2.05) is 0 Å². The number of hydrogen-bond donors (Lipinski definition) is 0. The van der Waals surface area contributed by atoms with Gasteiger partial charge in [0.2, 0.25) is 0 Å². The second-order valence-corrected chi connectivity index (χ2v) is 22.4. The zero-order chi connectivity index (χ0) is 54.3. The molecule has 0 heterocycles. The maximum atomic E-state index is 12.9. The van der Waals surface area contributed by atoms with E-state index in [0.717, 1.165) is 83.5 Å². The van der Waals surface area contributed by atoms with E-state index in [9.17, 15) is 14.4 Å². The normalized spacial score (nSPS) is 12.3. The van der Waals surface area contributed by atoms with Crippen molar-refractivity contribution in [2.75, 3.05) is 13.2 Å². The lowest BCUT2D eigenvalue weighted by Crippen LogP contribution is -2.30. The van der Waals surface area contributed by atoms with Gasteiger partial charge in [0.15, 0.2) is 6.10 Å². The van der Waals surface area contributed by atoms with Crippen molar-refractivity contribution >= 4 is 17.9 Å². The van der Waals surface area contributed by atoms with Crippen molar-refractivity contribution in [1.82, 2.24) is 0 Å². The molecular weight excluding hydrogens is 925 g/mol. The Kier molecular flexibility index (Phi) is 61.7. The van der Waals surface area contributed by atoms with Crippen LogP contribution in [0.3, 0.4) is 0 Å². The summed E-state index contributed by atoms with van der Waals surface area (Å²) in [6.07, 6.45) is 80.1. The molecule has 0 saturated carbocycles. The van der Waals surface area contributed by atoms with Crippen molar-refractivity contribution in [1.29, 1.82) is 0 Å². The maximum Gasteiger partial charge on any atom is 0.306 e. The van der Waals surface area contributed by atoms with Gasteiger partial charge in [0.05, 0.1) is 0 Å². The zero-order valence-electron chi connectivity index (χ0n) is 50.3. The van der Waals surface area contributed by atoms with Crippen LogP contribution < -0.4 is 0 Å². The molecule has 0 bridgehead atoms. The van der Waals surface area contributed by atoms with Crippen LogP contribution in [0.4, 0.5) is 0 Å². The molecule has 0 saturated heterocycles. The van der Waals surface area contributed by atoms with Crippen LogP contribution in [-0.4, -0.2) is 37.2 Å². The van der Waals surface area contributed by atoms with Crippen molar-refractivity contribution < 1.29 is 28.6 Å². The highest BCUT2D eigenvalue weighted by Crippen LogP contribution is 2.18. The van der Waals surface area contributed by atoms with Crippen LogP contribution in [-0.2, 0) is 28.6 Å². The van der Waals surface area contributed by atoms with Crippen LogP contribution in [0.15, 0.2) is 48.6 Å². The molecule has 1 atom stereocenters. The smallest absolute Gasteiger partial charge is 0.306 e. The van der Waals surface area contributed by atoms with E-state index in [2.05, 4.69) is 69.4 Å². The van der Waals surface area contributed by atoms with E-state index in [1.165, 1.54) is 231 Å². The Hall–Kier alpha value is -2.63. The number of unbranched alkanes of at least 4 members (excludes halogenated alkanes) is 42. The van der Waals surface area contributed by atoms with Crippen LogP contribution in [0.5, 0.6) is 0 Å². The SMILES string of the molecule is CC/C=C\C/C=C\C/C=C\C/C=C\CCCCCCCCCCCCCCCCCCCCC(=O)OCC(COC(=O)CCCCCCCCCC)OC(=O)CCCCCCCCCCCCCCCCCCCC. The lowest BCUT2D eigenvalue weighted by atomic mass is 10.0. The standard InChI is InChI=1S/C69H126O6/c1-4-7-10-13-16-19-21-23-25-27-29-30-31-32-33-34-35-36-37-38-39-40-41-43-44-46-48-50-53-56-59-62-68(71)74-65-66(64-73-67(70)61-58-55-52-18-15-12-9-6-3)75-69(72)63-60-57-54-51-49-47-45-42-28-26-24-22-20-17-14-11-8-5-2/h7,10,16,19,23,25,29-30,66H,4-6,8-9,11-15,17-18,20-22,24,26-28,31-65H2,1-3H3/b10-7-,19-16-,25-23-,30-29-. The summed E-state index contributed by atoms with van der Waals surface area (Å²) >= 11 is 0. The number of carbonyl (C=O) groups is 3. The molecule has 0 rings (SSSR count). The van der Waals surface area contributed by atoms with E-state index < -0.39 is 6.10 Å². The van der Waals surface area contributed by atoms with Crippen LogP contribution in [0.1, 0.15) is 355 Å². The molecule has 0 aromatic carbocycles. The highest BCUT2D eigenvalue weighted by Gasteiger charge is 2.19. The topological polar surface area (TPSA) is 78.9 Å². The van der Waals surface area contributed by atoms with E-state index >= 15 is 0 Å². The van der Waals surface area contributed by atoms with E-state index in [1.54, 1.807) is 0 Å². The predicted molar refractivity (Wildman–Crippen MR) is 325 cm³/mol. The summed E-state index contributed by atoms with van der Waals surface area (Å²) in [6.45, 7) is 6.56. The van der Waals surface area contributed by atoms with Crippen LogP contribution in [0, 0.1) is 0 Å². The molecule has 6 heteroatoms. The molecule has 0 aromatic heterocycles. The second-order valence-electron chi connectivity index (χ2n) is 22.4. The number of hydrogen-bond acceptors (Lipinski definition) is 6. The first-order valence-electron chi connectivity index (χ1n) is 33.1. The minimum absolute atomic E-state index is 0.0661. The summed E-state index contributed by atoms with van der Waals surface area (Å²) in [7, 11) is 0. The number of carbonyl (C=O) groups excluding carboxylic acids is 3. The van der Waals surface area contributed by atoms with Crippen molar-refractivity contribution in [3.8, 4) is 0 Å². The van der Waals surface area contributed by atoms with Gasteiger partial charge < -0.3 is 14.2 Å². The minimum atomic E-state index is -0.766. The quantitative estimate of drug-likeness (QED) is 0.0261. The zero-order valence-corrected chi connectivity index (χ0v) is 50.3. The Bertz CT molecular complexity index is 1300. The first kappa shape index (κ1) is 72.4. The highest BCUT2D eigenvalue weighted by molar-refractivity contribution is 5.71. The Labute approximate surface area is 467 Å². The monoisotopic (exact) mass is 1050 g/mol. The van der Waals surface area contributed by atoms with Crippen LogP contribution in [0.25, 0.3) is 0 Å². The molecule has 0 N–H and O–H groups in total. The van der Waals surface area contributed by atoms with Crippen LogP contribution in [0.2, 0.25) is 0 Å². The summed E-state index contributed by atoms with van der Waals surface area (Å²) in [5.74, 6) is -0.846. The molecule has 1 unspecified atom stereocenters. The lowest BCUT2D eigenvalue weighted by Gasteiger charge is -2.18. The fourth-order valence-electron chi connectivity index (χ4n) is 9.91. The van der Waals surface area contributed by atoms with Crippen molar-refractivity contribution in [2.24, 2.45) is 0 Å². The molecule has 75 heavy (non-hydrogen) atoms. The molecule has 0 aliphatic carbocycles. The summed E-state index contributed by atoms with van der Waals surface area (Å²) in [4.78, 5) is 38.1. The molecule has 0 amide bonds. The van der Waals surface area contributed by atoms with Gasteiger partial charge in [-0.25, -0.2) is 0 Å². The molecule has 0 aromatic rings. The van der Waals surface area contributed by atoms with Crippen LogP contribution >= 0.6 is 0 Å². The van der Waals surface area contributed by atoms with Crippen molar-refractivity contribution in [2.45, 2.75) is 361 Å². The van der Waals surface area contributed by atoms with Crippen molar-refractivity contribution in [3.05, 3.63) is 48.6 Å². The first-order chi connectivity index (χ1) is 37.0. The Morgan fingerprint density at radius 3 is 0.813 bits per heavy atom. The summed E-state index contributed by atoms with van der Waals surface area (Å²) in [6, 6.07) is 0. The summed E-state index contributed by atoms with van der Waals surface area (Å²) in [5, 5.41) is 0. The Morgan fingerprint density at radius 1 is 0.280 bits per heavy atom. The average Bonchev–Trinajstić information content (AvgIpc) is 3.41. The summed E-state index contributed by atoms with van der Waals surface area (Å²) < 4.78 is 16.9. The van der Waals surface area contributed by atoms with Gasteiger partial charge >= 0.3 is 17.9 Å². The Morgan fingerprint density at radius 2 is 0.520 bits per heavy atom. The fraction of sp³-hybridized carbons (Fsp3) is 0.841. The highest BCUT2D eigenvalue weighted by atomic mass is 16.6. The van der Waals surface area contributed by atoms with Gasteiger partial charge in [-0.15, -0.1) is 0 Å². The van der Waals surface area contributed by atoms with Gasteiger partial charge in [0.1, 0.15) is 13.2 Å². The molecule has 0 aliphatic rings. The molecule has 0 spiro atoms. The minimum Gasteiger partial charge on any atom is -0.462 e. The van der Waals surface area contributed by atoms with E-state index in [4.69, 9.17) is 14.2 Å². The first-order valence-corrected chi connectivity index (χ1v) is 33.1. The third-order valence-electron chi connectivity index (χ3n) is 14.8. The third-order valence-corrected chi connectivity index (χ3v) is 14.8. The molecule has 6 nitrogen and oxygen atoms in total. The van der Waals surface area contributed by atoms with E-state index in [0.29, 0.717) is 19.3 Å². The predicted octanol–water partition coefficient (Wildman–Crippen LogP) is 22.6. The number of ether oxygens (including phenoxy) is 3. The van der Waals surface area contributed by atoms with Gasteiger partial charge in [0.25, 0.3) is 0 Å². The van der Waals surface area contributed by atoms with Gasteiger partial charge in [-0.1, -0.05) is 326 Å². The van der Waals surface area contributed by atoms with Gasteiger partial charge in [-0.2, -0.15) is 0 Å². The molecule has 0 aliphatic heterocycles. The average molecular weight is 1050 g/mol.